The molecule has 0 spiro atoms. The Balaban J connectivity index is 1.90. The third kappa shape index (κ3) is 2.34. The second kappa shape index (κ2) is 5.70. The van der Waals surface area contributed by atoms with Crippen molar-refractivity contribution in [3.05, 3.63) is 47.4 Å². The van der Waals surface area contributed by atoms with E-state index < -0.39 is 12.7 Å². The van der Waals surface area contributed by atoms with Gasteiger partial charge in [-0.25, -0.2) is 4.68 Å². The molecule has 124 valence electrons. The summed E-state index contributed by atoms with van der Waals surface area (Å²) in [5.41, 5.74) is 1.79. The molecule has 2 aromatic rings. The normalized spacial score (nSPS) is 19.8. The molecule has 2 heterocycles. The topological polar surface area (TPSA) is 69.0 Å². The molecule has 0 unspecified atom stereocenters. The van der Waals surface area contributed by atoms with Crippen LogP contribution < -0.4 is 10.1 Å². The van der Waals surface area contributed by atoms with Crippen LogP contribution in [-0.2, 0) is 4.79 Å². The number of benzene rings is 1. The molecule has 1 aromatic carbocycles. The Labute approximate surface area is 136 Å². The molecule has 1 atom stereocenters. The zero-order chi connectivity index (χ0) is 16.7. The smallest absolute Gasteiger partial charge is 0.387 e. The fraction of sp³-hybridized carbons (Fsp3) is 0.312. The van der Waals surface area contributed by atoms with E-state index in [9.17, 15) is 13.6 Å². The highest BCUT2D eigenvalue weighted by Gasteiger charge is 2.37. The van der Waals surface area contributed by atoms with Crippen LogP contribution in [0.5, 0.6) is 5.75 Å². The first-order chi connectivity index (χ1) is 11.6. The molecule has 8 heteroatoms. The summed E-state index contributed by atoms with van der Waals surface area (Å²) in [7, 11) is 0. The summed E-state index contributed by atoms with van der Waals surface area (Å²) in [5, 5.41) is 7.30. The van der Waals surface area contributed by atoms with Crippen molar-refractivity contribution >= 4 is 11.7 Å². The fourth-order valence-electron chi connectivity index (χ4n) is 3.29. The zero-order valence-electron chi connectivity index (χ0n) is 12.6. The minimum Gasteiger partial charge on any atom is -0.434 e. The Hall–Kier alpha value is -2.77. The number of carbonyl (C=O) groups is 1. The van der Waals surface area contributed by atoms with Crippen molar-refractivity contribution < 1.29 is 18.3 Å². The van der Waals surface area contributed by atoms with Gasteiger partial charge in [-0.1, -0.05) is 18.2 Å². The standard InChI is InChI=1S/C16H14F2N4O2/c17-15(18)24-12-7-2-1-4-9(12)14-13-10(5-3-6-11(13)23)21-16-19-8-20-22(14)16/h1-2,4,7-8,14-15H,3,5-6H2,(H,19,20,21)/t14-/m1/s1. The van der Waals surface area contributed by atoms with Gasteiger partial charge in [0.2, 0.25) is 5.95 Å². The number of fused-ring (bicyclic) bond motifs is 1. The lowest BCUT2D eigenvalue weighted by Crippen LogP contribution is -2.31. The maximum absolute atomic E-state index is 12.8. The number of halogens is 2. The van der Waals surface area contributed by atoms with E-state index in [4.69, 9.17) is 0 Å². The molecule has 1 aliphatic heterocycles. The van der Waals surface area contributed by atoms with Crippen LogP contribution in [0.15, 0.2) is 41.9 Å². The summed E-state index contributed by atoms with van der Waals surface area (Å²) < 4.78 is 31.7. The highest BCUT2D eigenvalue weighted by Crippen LogP contribution is 2.42. The molecule has 6 nitrogen and oxygen atoms in total. The number of allylic oxidation sites excluding steroid dienone is 2. The average Bonchev–Trinajstić information content (AvgIpc) is 3.01. The lowest BCUT2D eigenvalue weighted by atomic mass is 9.85. The number of ether oxygens (including phenoxy) is 1. The summed E-state index contributed by atoms with van der Waals surface area (Å²) in [5.74, 6) is 0.508. The number of Topliss-reactive ketones (excluding diaryl/α,β-unsaturated/α-hetero) is 1. The Morgan fingerprint density at radius 1 is 1.29 bits per heavy atom. The van der Waals surface area contributed by atoms with E-state index in [1.807, 2.05) is 0 Å². The van der Waals surface area contributed by atoms with Gasteiger partial charge in [0.1, 0.15) is 18.1 Å². The summed E-state index contributed by atoms with van der Waals surface area (Å²) in [6.07, 6.45) is 3.26. The molecule has 1 aromatic heterocycles. The number of ketones is 1. The molecular formula is C16H14F2N4O2. The maximum atomic E-state index is 12.8. The number of para-hydroxylation sites is 1. The van der Waals surface area contributed by atoms with Crippen molar-refractivity contribution in [1.82, 2.24) is 14.8 Å². The van der Waals surface area contributed by atoms with Crippen molar-refractivity contribution in [2.75, 3.05) is 5.32 Å². The summed E-state index contributed by atoms with van der Waals surface area (Å²) in [6.45, 7) is -2.95. The average molecular weight is 332 g/mol. The van der Waals surface area contributed by atoms with E-state index in [-0.39, 0.29) is 11.5 Å². The first-order valence-corrected chi connectivity index (χ1v) is 7.61. The van der Waals surface area contributed by atoms with Crippen molar-refractivity contribution in [1.29, 1.82) is 0 Å². The van der Waals surface area contributed by atoms with Crippen LogP contribution in [0.1, 0.15) is 30.9 Å². The summed E-state index contributed by atoms with van der Waals surface area (Å²) in [6, 6.07) is 5.85. The third-order valence-corrected chi connectivity index (χ3v) is 4.24. The van der Waals surface area contributed by atoms with E-state index in [2.05, 4.69) is 20.1 Å². The van der Waals surface area contributed by atoms with Crippen LogP contribution in [0.3, 0.4) is 0 Å². The quantitative estimate of drug-likeness (QED) is 0.936. The molecule has 2 aliphatic rings. The highest BCUT2D eigenvalue weighted by molar-refractivity contribution is 5.99. The number of hydrogen-bond acceptors (Lipinski definition) is 5. The minimum absolute atomic E-state index is 0.0123. The number of hydrogen-bond donors (Lipinski definition) is 1. The monoisotopic (exact) mass is 332 g/mol. The summed E-state index contributed by atoms with van der Waals surface area (Å²) >= 11 is 0. The lowest BCUT2D eigenvalue weighted by Gasteiger charge is -2.32. The SMILES string of the molecule is O=C1CCCC2=C1[C@@H](c1ccccc1OC(F)F)n1ncnc1N2. The van der Waals surface area contributed by atoms with E-state index in [1.165, 1.54) is 17.1 Å². The van der Waals surface area contributed by atoms with E-state index >= 15 is 0 Å². The predicted molar refractivity (Wildman–Crippen MR) is 80.7 cm³/mol. The summed E-state index contributed by atoms with van der Waals surface area (Å²) in [4.78, 5) is 16.7. The Kier molecular flexibility index (Phi) is 3.51. The van der Waals surface area contributed by atoms with Crippen molar-refractivity contribution in [2.24, 2.45) is 0 Å². The molecule has 0 saturated heterocycles. The molecule has 4 rings (SSSR count). The minimum atomic E-state index is -2.95. The molecule has 24 heavy (non-hydrogen) atoms. The molecule has 0 saturated carbocycles. The van der Waals surface area contributed by atoms with Gasteiger partial charge < -0.3 is 10.1 Å². The van der Waals surface area contributed by atoms with Crippen molar-refractivity contribution in [3.8, 4) is 5.75 Å². The van der Waals surface area contributed by atoms with Gasteiger partial charge in [-0.3, -0.25) is 4.79 Å². The molecule has 0 amide bonds. The van der Waals surface area contributed by atoms with Gasteiger partial charge in [0, 0.05) is 23.3 Å². The first-order valence-electron chi connectivity index (χ1n) is 7.61. The van der Waals surface area contributed by atoms with Gasteiger partial charge in [-0.15, -0.1) is 0 Å². The maximum Gasteiger partial charge on any atom is 0.387 e. The van der Waals surface area contributed by atoms with Crippen molar-refractivity contribution in [2.45, 2.75) is 31.9 Å². The Morgan fingerprint density at radius 3 is 2.96 bits per heavy atom. The van der Waals surface area contributed by atoms with E-state index in [0.717, 1.165) is 12.1 Å². The van der Waals surface area contributed by atoms with Gasteiger partial charge in [0.25, 0.3) is 0 Å². The number of alkyl halides is 2. The van der Waals surface area contributed by atoms with Crippen LogP contribution >= 0.6 is 0 Å². The van der Waals surface area contributed by atoms with Crippen LogP contribution in [0.4, 0.5) is 14.7 Å². The van der Waals surface area contributed by atoms with Gasteiger partial charge in [0.15, 0.2) is 5.78 Å². The third-order valence-electron chi connectivity index (χ3n) is 4.24. The van der Waals surface area contributed by atoms with E-state index in [0.29, 0.717) is 29.9 Å². The lowest BCUT2D eigenvalue weighted by molar-refractivity contribution is -0.116. The Morgan fingerprint density at radius 2 is 2.12 bits per heavy atom. The van der Waals surface area contributed by atoms with Gasteiger partial charge in [-0.05, 0) is 18.9 Å². The van der Waals surface area contributed by atoms with Gasteiger partial charge >= 0.3 is 6.61 Å². The molecule has 0 fully saturated rings. The number of nitrogens with zero attached hydrogens (tertiary/aromatic N) is 3. The Bertz CT molecular complexity index is 831. The molecular weight excluding hydrogens is 318 g/mol. The van der Waals surface area contributed by atoms with Crippen molar-refractivity contribution in [3.63, 3.8) is 0 Å². The highest BCUT2D eigenvalue weighted by atomic mass is 19.3. The molecule has 1 N–H and O–H groups in total. The second-order valence-electron chi connectivity index (χ2n) is 5.64. The van der Waals surface area contributed by atoms with Gasteiger partial charge in [-0.2, -0.15) is 18.9 Å². The van der Waals surface area contributed by atoms with Crippen LogP contribution in [0.25, 0.3) is 0 Å². The largest absolute Gasteiger partial charge is 0.434 e. The fourth-order valence-corrected chi connectivity index (χ4v) is 3.29. The number of nitrogens with one attached hydrogen (secondary N) is 1. The van der Waals surface area contributed by atoms with Gasteiger partial charge in [0.05, 0.1) is 0 Å². The van der Waals surface area contributed by atoms with Crippen LogP contribution in [-0.4, -0.2) is 27.2 Å². The molecule has 0 radical (unpaired) electrons. The second-order valence-corrected chi connectivity index (χ2v) is 5.64. The number of carbonyl (C=O) groups excluding carboxylic acids is 1. The zero-order valence-corrected chi connectivity index (χ0v) is 12.6. The van der Waals surface area contributed by atoms with E-state index in [1.54, 1.807) is 18.2 Å². The number of aromatic nitrogens is 3. The number of rotatable bonds is 3. The molecule has 0 bridgehead atoms. The number of anilines is 1. The predicted octanol–water partition coefficient (Wildman–Crippen LogP) is 2.90. The molecule has 1 aliphatic carbocycles. The van der Waals surface area contributed by atoms with Crippen LogP contribution in [0.2, 0.25) is 0 Å². The van der Waals surface area contributed by atoms with Crippen LogP contribution in [0, 0.1) is 0 Å². The first kappa shape index (κ1) is 14.8.